The van der Waals surface area contributed by atoms with Gasteiger partial charge in [0.15, 0.2) is 6.20 Å². The number of H-pyrrole nitrogens is 2. The fourth-order valence-corrected chi connectivity index (χ4v) is 2.69. The summed E-state index contributed by atoms with van der Waals surface area (Å²) in [7, 11) is 0. The lowest BCUT2D eigenvalue weighted by Gasteiger charge is -2.05. The molecule has 1 amide bonds. The molecule has 0 saturated heterocycles. The predicted octanol–water partition coefficient (Wildman–Crippen LogP) is 1.22. The van der Waals surface area contributed by atoms with Crippen molar-refractivity contribution in [3.8, 4) is 0 Å². The summed E-state index contributed by atoms with van der Waals surface area (Å²) >= 11 is 1.16. The highest BCUT2D eigenvalue weighted by Crippen LogP contribution is 2.16. The normalized spacial score (nSPS) is 10.7. The van der Waals surface area contributed by atoms with E-state index in [-0.39, 0.29) is 17.3 Å². The summed E-state index contributed by atoms with van der Waals surface area (Å²) in [5.74, 6) is -0.111. The Balaban J connectivity index is 1.65. The summed E-state index contributed by atoms with van der Waals surface area (Å²) in [6.45, 7) is 0. The van der Waals surface area contributed by atoms with Gasteiger partial charge in [-0.05, 0) is 36.0 Å². The molecule has 0 fully saturated rings. The number of fused-ring (bicyclic) bond motifs is 1. The van der Waals surface area contributed by atoms with E-state index in [0.717, 1.165) is 11.8 Å². The van der Waals surface area contributed by atoms with Crippen LogP contribution in [0.3, 0.4) is 0 Å². The molecule has 0 saturated carbocycles. The van der Waals surface area contributed by atoms with Crippen LogP contribution in [0.4, 0.5) is 5.69 Å². The summed E-state index contributed by atoms with van der Waals surface area (Å²) in [5.41, 5.74) is 1.58. The lowest BCUT2D eigenvalue weighted by atomic mass is 10.3. The van der Waals surface area contributed by atoms with Crippen molar-refractivity contribution in [3.63, 3.8) is 0 Å². The highest BCUT2D eigenvalue weighted by Gasteiger charge is 2.09. The van der Waals surface area contributed by atoms with Gasteiger partial charge in [-0.3, -0.25) is 4.79 Å². The number of amides is 1. The van der Waals surface area contributed by atoms with E-state index in [2.05, 4.69) is 15.3 Å². The Labute approximate surface area is 129 Å². The number of rotatable bonds is 4. The molecule has 2 aromatic heterocycles. The molecule has 0 bridgehead atoms. The van der Waals surface area contributed by atoms with E-state index in [1.165, 1.54) is 6.20 Å². The third-order valence-corrected chi connectivity index (χ3v) is 3.96. The molecule has 3 N–H and O–H groups in total. The number of carbonyl (C=O) groups is 1. The first kappa shape index (κ1) is 14.2. The summed E-state index contributed by atoms with van der Waals surface area (Å²) in [4.78, 5) is 28.3. The third-order valence-electron chi connectivity index (χ3n) is 2.94. The molecule has 3 aromatic rings. The largest absolute Gasteiger partial charge is 0.618 e. The highest BCUT2D eigenvalue weighted by molar-refractivity contribution is 7.99. The van der Waals surface area contributed by atoms with Crippen LogP contribution in [0.25, 0.3) is 11.0 Å². The molecule has 112 valence electrons. The molecule has 0 aliphatic rings. The summed E-state index contributed by atoms with van der Waals surface area (Å²) < 4.78 is 0.717. The average Bonchev–Trinajstić information content (AvgIpc) is 2.86. The van der Waals surface area contributed by atoms with Crippen LogP contribution in [-0.2, 0) is 4.79 Å². The van der Waals surface area contributed by atoms with E-state index in [1.54, 1.807) is 36.4 Å². The van der Waals surface area contributed by atoms with Crippen LogP contribution >= 0.6 is 11.8 Å². The Morgan fingerprint density at radius 2 is 2.05 bits per heavy atom. The van der Waals surface area contributed by atoms with Gasteiger partial charge < -0.3 is 20.5 Å². The van der Waals surface area contributed by atoms with E-state index in [4.69, 9.17) is 0 Å². The predicted molar refractivity (Wildman–Crippen MR) is 83.7 cm³/mol. The van der Waals surface area contributed by atoms with Crippen LogP contribution < -0.4 is 15.7 Å². The van der Waals surface area contributed by atoms with Crippen molar-refractivity contribution in [1.29, 1.82) is 0 Å². The topological polar surface area (TPSA) is 105 Å². The Morgan fingerprint density at radius 1 is 1.23 bits per heavy atom. The number of pyridine rings is 1. The molecule has 1 aromatic carbocycles. The highest BCUT2D eigenvalue weighted by atomic mass is 32.2. The number of aromatic amines is 2. The monoisotopic (exact) mass is 316 g/mol. The van der Waals surface area contributed by atoms with Crippen LogP contribution in [0.1, 0.15) is 0 Å². The maximum Gasteiger partial charge on any atom is 0.323 e. The zero-order chi connectivity index (χ0) is 15.5. The van der Waals surface area contributed by atoms with Crippen molar-refractivity contribution in [3.05, 3.63) is 58.3 Å². The number of anilines is 1. The minimum atomic E-state index is -0.293. The van der Waals surface area contributed by atoms with Crippen LogP contribution in [-0.4, -0.2) is 21.6 Å². The van der Waals surface area contributed by atoms with Gasteiger partial charge in [-0.1, -0.05) is 0 Å². The first-order valence-electron chi connectivity index (χ1n) is 6.45. The molecule has 8 heteroatoms. The molecule has 0 unspecified atom stereocenters. The molecule has 0 radical (unpaired) electrons. The van der Waals surface area contributed by atoms with Crippen molar-refractivity contribution in [1.82, 2.24) is 9.97 Å². The Kier molecular flexibility index (Phi) is 3.84. The number of imidazole rings is 1. The lowest BCUT2D eigenvalue weighted by molar-refractivity contribution is -0.645. The molecule has 22 heavy (non-hydrogen) atoms. The number of thioether (sulfide) groups is 1. The molecular formula is C14H12N4O3S. The number of hydrogen-bond donors (Lipinski definition) is 3. The molecule has 0 spiro atoms. The van der Waals surface area contributed by atoms with Crippen LogP contribution in [0.15, 0.2) is 52.4 Å². The van der Waals surface area contributed by atoms with Crippen molar-refractivity contribution in [2.75, 3.05) is 11.1 Å². The van der Waals surface area contributed by atoms with Gasteiger partial charge in [0.25, 0.3) is 5.03 Å². The Morgan fingerprint density at radius 3 is 2.86 bits per heavy atom. The van der Waals surface area contributed by atoms with Crippen molar-refractivity contribution in [2.24, 2.45) is 0 Å². The average molecular weight is 316 g/mol. The van der Waals surface area contributed by atoms with E-state index < -0.39 is 0 Å². The molecule has 7 nitrogen and oxygen atoms in total. The molecule has 0 atom stereocenters. The van der Waals surface area contributed by atoms with Crippen LogP contribution in [0, 0.1) is 5.21 Å². The van der Waals surface area contributed by atoms with Crippen molar-refractivity contribution < 1.29 is 9.52 Å². The molecular weight excluding hydrogens is 304 g/mol. The van der Waals surface area contributed by atoms with Crippen LogP contribution in [0.2, 0.25) is 0 Å². The van der Waals surface area contributed by atoms with Crippen LogP contribution in [0.5, 0.6) is 0 Å². The third kappa shape index (κ3) is 3.12. The summed E-state index contributed by atoms with van der Waals surface area (Å²) in [6.07, 6.45) is 1.39. The van der Waals surface area contributed by atoms with Gasteiger partial charge in [0, 0.05) is 17.8 Å². The Bertz CT molecular complexity index is 887. The maximum absolute atomic E-state index is 11.9. The van der Waals surface area contributed by atoms with Gasteiger partial charge in [-0.25, -0.2) is 4.79 Å². The van der Waals surface area contributed by atoms with E-state index in [0.29, 0.717) is 26.5 Å². The second-order valence-electron chi connectivity index (χ2n) is 4.54. The second-order valence-corrected chi connectivity index (χ2v) is 5.54. The van der Waals surface area contributed by atoms with Gasteiger partial charge >= 0.3 is 5.69 Å². The Hall–Kier alpha value is -2.74. The smallest absolute Gasteiger partial charge is 0.323 e. The fraction of sp³-hybridized carbons (Fsp3) is 0.0714. The zero-order valence-electron chi connectivity index (χ0n) is 11.3. The fourth-order valence-electron chi connectivity index (χ4n) is 1.97. The molecule has 0 aliphatic carbocycles. The minimum absolute atomic E-state index is 0.119. The molecule has 2 heterocycles. The van der Waals surface area contributed by atoms with E-state index >= 15 is 0 Å². The minimum Gasteiger partial charge on any atom is -0.618 e. The zero-order valence-corrected chi connectivity index (χ0v) is 12.1. The van der Waals surface area contributed by atoms with Gasteiger partial charge in [0.2, 0.25) is 5.91 Å². The number of aromatic nitrogens is 3. The summed E-state index contributed by atoms with van der Waals surface area (Å²) in [6, 6.07) is 10.1. The first-order chi connectivity index (χ1) is 10.6. The quantitative estimate of drug-likeness (QED) is 0.382. The van der Waals surface area contributed by atoms with Crippen molar-refractivity contribution in [2.45, 2.75) is 5.03 Å². The number of hydrogen-bond acceptors (Lipinski definition) is 4. The van der Waals surface area contributed by atoms with E-state index in [1.807, 2.05) is 0 Å². The second kappa shape index (κ2) is 5.94. The number of nitrogens with one attached hydrogen (secondary N) is 3. The van der Waals surface area contributed by atoms with E-state index in [9.17, 15) is 14.8 Å². The molecule has 0 aliphatic heterocycles. The number of benzene rings is 1. The van der Waals surface area contributed by atoms with Gasteiger partial charge in [-0.15, -0.1) is 0 Å². The number of carbonyl (C=O) groups excluding carboxylic acids is 1. The van der Waals surface area contributed by atoms with Gasteiger partial charge in [0.1, 0.15) is 0 Å². The van der Waals surface area contributed by atoms with Gasteiger partial charge in [0.05, 0.1) is 16.8 Å². The van der Waals surface area contributed by atoms with Crippen molar-refractivity contribution >= 4 is 34.4 Å². The maximum atomic E-state index is 11.9. The lowest BCUT2D eigenvalue weighted by Crippen LogP contribution is -2.28. The first-order valence-corrected chi connectivity index (χ1v) is 7.43. The summed E-state index contributed by atoms with van der Waals surface area (Å²) in [5, 5.41) is 14.7. The van der Waals surface area contributed by atoms with Gasteiger partial charge in [-0.2, -0.15) is 4.73 Å². The SMILES string of the molecule is O=C(CSc1cccc[n+]1[O-])Nc1ccc2[nH]c(=O)[nH]c2c1. The number of nitrogens with zero attached hydrogens (tertiary/aromatic N) is 1. The standard InChI is InChI=1S/C14H12N4O3S/c19-12(8-22-13-3-1-2-6-18(13)21)15-9-4-5-10-11(7-9)17-14(20)16-10/h1-7H,8H2,(H,15,19)(H2,16,17,20). The molecule has 3 rings (SSSR count).